The first-order chi connectivity index (χ1) is 8.40. The number of hydrogen-bond donors (Lipinski definition) is 2. The number of benzene rings is 1. The molecule has 1 rings (SSSR count). The van der Waals surface area contributed by atoms with Crippen LogP contribution in [0.4, 0.5) is 5.69 Å². The number of sulfonamides is 1. The van der Waals surface area contributed by atoms with Crippen molar-refractivity contribution in [2.75, 3.05) is 12.3 Å². The van der Waals surface area contributed by atoms with Gasteiger partial charge in [-0.15, -0.1) is 0 Å². The van der Waals surface area contributed by atoms with Gasteiger partial charge in [0.25, 0.3) is 0 Å². The van der Waals surface area contributed by atoms with E-state index < -0.39 is 10.0 Å². The fourth-order valence-electron chi connectivity index (χ4n) is 1.58. The highest BCUT2D eigenvalue weighted by Gasteiger charge is 2.16. The molecule has 102 valence electrons. The second-order valence-corrected chi connectivity index (χ2v) is 6.84. The van der Waals surface area contributed by atoms with E-state index in [9.17, 15) is 8.42 Å². The standard InChI is InChI=1S/C12H19BrN2O2S/c1-3-9(4-2)8-15-18(16,17)10-5-6-11(13)12(14)7-10/h5-7,9,15H,3-4,8,14H2,1-2H3. The molecule has 0 spiro atoms. The third kappa shape index (κ3) is 3.96. The minimum absolute atomic E-state index is 0.203. The molecule has 0 amide bonds. The van der Waals surface area contributed by atoms with Crippen molar-refractivity contribution in [3.05, 3.63) is 22.7 Å². The van der Waals surface area contributed by atoms with Gasteiger partial charge in [-0.25, -0.2) is 13.1 Å². The van der Waals surface area contributed by atoms with Crippen LogP contribution in [-0.4, -0.2) is 15.0 Å². The normalized spacial score (nSPS) is 12.0. The maximum atomic E-state index is 12.1. The fraction of sp³-hybridized carbons (Fsp3) is 0.500. The van der Waals surface area contributed by atoms with Gasteiger partial charge in [-0.3, -0.25) is 0 Å². The molecule has 0 aromatic heterocycles. The molecule has 3 N–H and O–H groups in total. The number of nitrogens with one attached hydrogen (secondary N) is 1. The van der Waals surface area contributed by atoms with Gasteiger partial charge in [-0.05, 0) is 40.0 Å². The Kier molecular flexibility index (Phi) is 5.62. The zero-order chi connectivity index (χ0) is 13.8. The smallest absolute Gasteiger partial charge is 0.240 e. The molecule has 0 saturated heterocycles. The van der Waals surface area contributed by atoms with Crippen LogP contribution in [-0.2, 0) is 10.0 Å². The summed E-state index contributed by atoms with van der Waals surface area (Å²) in [6, 6.07) is 4.63. The molecule has 6 heteroatoms. The molecule has 0 radical (unpaired) electrons. The molecule has 1 aromatic rings. The van der Waals surface area contributed by atoms with E-state index in [2.05, 4.69) is 34.5 Å². The lowest BCUT2D eigenvalue weighted by molar-refractivity contribution is 0.479. The Morgan fingerprint density at radius 3 is 2.44 bits per heavy atom. The second-order valence-electron chi connectivity index (χ2n) is 4.22. The van der Waals surface area contributed by atoms with Gasteiger partial charge in [0.15, 0.2) is 0 Å². The van der Waals surface area contributed by atoms with Crippen LogP contribution >= 0.6 is 15.9 Å². The van der Waals surface area contributed by atoms with Gasteiger partial charge in [0.05, 0.1) is 4.90 Å². The highest BCUT2D eigenvalue weighted by atomic mass is 79.9. The van der Waals surface area contributed by atoms with E-state index in [1.54, 1.807) is 6.07 Å². The number of rotatable bonds is 6. The lowest BCUT2D eigenvalue weighted by Gasteiger charge is -2.14. The molecule has 0 heterocycles. The van der Waals surface area contributed by atoms with Gasteiger partial charge >= 0.3 is 0 Å². The fourth-order valence-corrected chi connectivity index (χ4v) is 2.97. The number of nitrogens with two attached hydrogens (primary N) is 1. The van der Waals surface area contributed by atoms with Crippen molar-refractivity contribution in [1.29, 1.82) is 0 Å². The van der Waals surface area contributed by atoms with Gasteiger partial charge in [0, 0.05) is 16.7 Å². The first-order valence-corrected chi connectivity index (χ1v) is 8.23. The van der Waals surface area contributed by atoms with E-state index in [0.29, 0.717) is 22.6 Å². The summed E-state index contributed by atoms with van der Waals surface area (Å²) in [5.41, 5.74) is 6.10. The number of halogens is 1. The topological polar surface area (TPSA) is 72.2 Å². The van der Waals surface area contributed by atoms with Crippen LogP contribution in [0.15, 0.2) is 27.6 Å². The molecule has 0 saturated carbocycles. The average molecular weight is 335 g/mol. The van der Waals surface area contributed by atoms with Crippen LogP contribution in [0.2, 0.25) is 0 Å². The summed E-state index contributed by atoms with van der Waals surface area (Å²) in [5, 5.41) is 0. The van der Waals surface area contributed by atoms with Crippen LogP contribution in [0, 0.1) is 5.92 Å². The Bertz CT molecular complexity index is 499. The van der Waals surface area contributed by atoms with Crippen LogP contribution in [0.25, 0.3) is 0 Å². The molecule has 18 heavy (non-hydrogen) atoms. The average Bonchev–Trinajstić information content (AvgIpc) is 2.33. The molecule has 0 unspecified atom stereocenters. The molecule has 0 fully saturated rings. The van der Waals surface area contributed by atoms with Gasteiger partial charge in [0.1, 0.15) is 0 Å². The summed E-state index contributed by atoms with van der Waals surface area (Å²) < 4.78 is 27.4. The lowest BCUT2D eigenvalue weighted by Crippen LogP contribution is -2.29. The number of nitrogen functional groups attached to an aromatic ring is 1. The van der Waals surface area contributed by atoms with Crippen LogP contribution in [0.1, 0.15) is 26.7 Å². The molecule has 0 aliphatic heterocycles. The Hall–Kier alpha value is -0.590. The molecular formula is C12H19BrN2O2S. The summed E-state index contributed by atoms with van der Waals surface area (Å²) in [6.07, 6.45) is 1.92. The van der Waals surface area contributed by atoms with Gasteiger partial charge in [0.2, 0.25) is 10.0 Å². The Labute approximate surface area is 117 Å². The largest absolute Gasteiger partial charge is 0.398 e. The summed E-state index contributed by atoms with van der Waals surface area (Å²) in [5.74, 6) is 0.368. The van der Waals surface area contributed by atoms with Gasteiger partial charge < -0.3 is 5.73 Å². The predicted octanol–water partition coefficient (Wildman–Crippen LogP) is 2.75. The van der Waals surface area contributed by atoms with E-state index in [4.69, 9.17) is 5.73 Å². The Balaban J connectivity index is 2.83. The van der Waals surface area contributed by atoms with E-state index >= 15 is 0 Å². The second kappa shape index (κ2) is 6.54. The molecule has 0 aliphatic carbocycles. The predicted molar refractivity (Wildman–Crippen MR) is 77.8 cm³/mol. The quantitative estimate of drug-likeness (QED) is 0.785. The monoisotopic (exact) mass is 334 g/mol. The lowest BCUT2D eigenvalue weighted by atomic mass is 10.0. The van der Waals surface area contributed by atoms with Crippen molar-refractivity contribution in [3.63, 3.8) is 0 Å². The first-order valence-electron chi connectivity index (χ1n) is 5.95. The maximum Gasteiger partial charge on any atom is 0.240 e. The minimum Gasteiger partial charge on any atom is -0.398 e. The Morgan fingerprint density at radius 1 is 1.33 bits per heavy atom. The van der Waals surface area contributed by atoms with E-state index in [1.165, 1.54) is 12.1 Å². The van der Waals surface area contributed by atoms with Crippen molar-refractivity contribution >= 4 is 31.6 Å². The highest BCUT2D eigenvalue weighted by molar-refractivity contribution is 9.10. The van der Waals surface area contributed by atoms with Crippen molar-refractivity contribution in [2.45, 2.75) is 31.6 Å². The Morgan fingerprint density at radius 2 is 1.94 bits per heavy atom. The molecule has 0 bridgehead atoms. The van der Waals surface area contributed by atoms with Crippen LogP contribution < -0.4 is 10.5 Å². The van der Waals surface area contributed by atoms with Crippen LogP contribution in [0.5, 0.6) is 0 Å². The van der Waals surface area contributed by atoms with Crippen LogP contribution in [0.3, 0.4) is 0 Å². The molecule has 0 aliphatic rings. The highest BCUT2D eigenvalue weighted by Crippen LogP contribution is 2.22. The van der Waals surface area contributed by atoms with E-state index in [1.807, 2.05) is 0 Å². The third-order valence-corrected chi connectivity index (χ3v) is 5.14. The number of anilines is 1. The molecule has 4 nitrogen and oxygen atoms in total. The molecule has 1 aromatic carbocycles. The molecule has 0 atom stereocenters. The van der Waals surface area contributed by atoms with Crippen molar-refractivity contribution < 1.29 is 8.42 Å². The summed E-state index contributed by atoms with van der Waals surface area (Å²) in [7, 11) is -3.47. The zero-order valence-corrected chi connectivity index (χ0v) is 13.0. The number of hydrogen-bond acceptors (Lipinski definition) is 3. The third-order valence-electron chi connectivity index (χ3n) is 2.99. The van der Waals surface area contributed by atoms with Crippen molar-refractivity contribution in [2.24, 2.45) is 5.92 Å². The first kappa shape index (κ1) is 15.5. The molecular weight excluding hydrogens is 316 g/mol. The van der Waals surface area contributed by atoms with E-state index in [0.717, 1.165) is 12.8 Å². The summed E-state index contributed by atoms with van der Waals surface area (Å²) in [4.78, 5) is 0.203. The van der Waals surface area contributed by atoms with E-state index in [-0.39, 0.29) is 4.90 Å². The summed E-state index contributed by atoms with van der Waals surface area (Å²) in [6.45, 7) is 4.57. The van der Waals surface area contributed by atoms with Crippen molar-refractivity contribution in [1.82, 2.24) is 4.72 Å². The van der Waals surface area contributed by atoms with Gasteiger partial charge in [-0.2, -0.15) is 0 Å². The maximum absolute atomic E-state index is 12.1. The summed E-state index contributed by atoms with van der Waals surface area (Å²) >= 11 is 3.24. The minimum atomic E-state index is -3.47. The van der Waals surface area contributed by atoms with Crippen molar-refractivity contribution in [3.8, 4) is 0 Å². The zero-order valence-electron chi connectivity index (χ0n) is 10.6. The SMILES string of the molecule is CCC(CC)CNS(=O)(=O)c1ccc(Br)c(N)c1. The van der Waals surface area contributed by atoms with Gasteiger partial charge in [-0.1, -0.05) is 26.7 Å².